The summed E-state index contributed by atoms with van der Waals surface area (Å²) in [6.45, 7) is 13.9. The molecule has 0 saturated carbocycles. The highest BCUT2D eigenvalue weighted by Gasteiger charge is 2.52. The molecular weight excluding hydrogens is 472 g/mol. The zero-order valence-corrected chi connectivity index (χ0v) is 23.2. The summed E-state index contributed by atoms with van der Waals surface area (Å²) >= 11 is 0. The van der Waals surface area contributed by atoms with Crippen molar-refractivity contribution in [2.75, 3.05) is 24.6 Å². The Kier molecular flexibility index (Phi) is 7.20. The van der Waals surface area contributed by atoms with E-state index in [1.807, 2.05) is 31.2 Å². The van der Waals surface area contributed by atoms with Crippen molar-refractivity contribution < 1.29 is 14.3 Å². The fourth-order valence-corrected chi connectivity index (χ4v) is 6.08. The third-order valence-electron chi connectivity index (χ3n) is 7.86. The summed E-state index contributed by atoms with van der Waals surface area (Å²) in [4.78, 5) is 15.8. The Morgan fingerprint density at radius 2 is 1.66 bits per heavy atom. The SMILES string of the molecule is CCCCn1c(C)c(C2(c3ccc(N(CC)CC)cc3OCC)OC(=O)c3ccccc32)c2ccccc21. The number of fused-ring (bicyclic) bond motifs is 2. The minimum absolute atomic E-state index is 0.305. The van der Waals surface area contributed by atoms with Crippen molar-refractivity contribution in [3.63, 3.8) is 0 Å². The third kappa shape index (κ3) is 3.96. The molecule has 0 bridgehead atoms. The summed E-state index contributed by atoms with van der Waals surface area (Å²) in [5.41, 5.74) is 5.58. The fraction of sp³-hybridized carbons (Fsp3) is 0.364. The van der Waals surface area contributed by atoms with E-state index < -0.39 is 5.60 Å². The number of para-hydroxylation sites is 1. The number of cyclic esters (lactones) is 1. The van der Waals surface area contributed by atoms with Gasteiger partial charge in [0.1, 0.15) is 5.75 Å². The van der Waals surface area contributed by atoms with E-state index in [0.29, 0.717) is 12.2 Å². The second kappa shape index (κ2) is 10.6. The first-order valence-electron chi connectivity index (χ1n) is 13.9. The van der Waals surface area contributed by atoms with Crippen molar-refractivity contribution in [2.24, 2.45) is 0 Å². The molecule has 1 aliphatic heterocycles. The smallest absolute Gasteiger partial charge is 0.340 e. The van der Waals surface area contributed by atoms with Gasteiger partial charge in [0.25, 0.3) is 0 Å². The Morgan fingerprint density at radius 3 is 2.39 bits per heavy atom. The molecule has 5 nitrogen and oxygen atoms in total. The van der Waals surface area contributed by atoms with Crippen LogP contribution in [0.5, 0.6) is 5.75 Å². The van der Waals surface area contributed by atoms with Crippen molar-refractivity contribution >= 4 is 22.6 Å². The maximum atomic E-state index is 13.5. The number of hydrogen-bond donors (Lipinski definition) is 0. The van der Waals surface area contributed by atoms with Gasteiger partial charge in [0.2, 0.25) is 0 Å². The maximum Gasteiger partial charge on any atom is 0.340 e. The van der Waals surface area contributed by atoms with Crippen LogP contribution < -0.4 is 9.64 Å². The molecule has 2 heterocycles. The summed E-state index contributed by atoms with van der Waals surface area (Å²) in [6.07, 6.45) is 2.18. The highest BCUT2D eigenvalue weighted by atomic mass is 16.6. The number of carbonyl (C=O) groups is 1. The standard InChI is InChI=1S/C33H38N2O3/c1-6-10-21-35-23(5)31(26-16-12-14-18-29(26)35)33(27-17-13-11-15-25(27)32(36)38-33)28-20-19-24(34(7-2)8-3)22-30(28)37-9-4/h11-20,22H,6-10,21H2,1-5H3. The molecule has 1 aromatic heterocycles. The number of aryl methyl sites for hydroxylation is 1. The Hall–Kier alpha value is -3.73. The van der Waals surface area contributed by atoms with Gasteiger partial charge in [-0.1, -0.05) is 49.7 Å². The molecule has 0 amide bonds. The van der Waals surface area contributed by atoms with Crippen LogP contribution in [0.1, 0.15) is 73.3 Å². The van der Waals surface area contributed by atoms with Gasteiger partial charge in [-0.25, -0.2) is 4.79 Å². The molecule has 0 radical (unpaired) electrons. The van der Waals surface area contributed by atoms with Gasteiger partial charge in [0.05, 0.1) is 12.2 Å². The number of unbranched alkanes of at least 4 members (excludes halogenated alkanes) is 1. The zero-order chi connectivity index (χ0) is 26.9. The first-order chi connectivity index (χ1) is 18.5. The number of anilines is 1. The van der Waals surface area contributed by atoms with Crippen molar-refractivity contribution in [1.82, 2.24) is 4.57 Å². The lowest BCUT2D eigenvalue weighted by Crippen LogP contribution is -2.31. The summed E-state index contributed by atoms with van der Waals surface area (Å²) in [7, 11) is 0. The molecule has 1 aliphatic rings. The summed E-state index contributed by atoms with van der Waals surface area (Å²) in [5.74, 6) is 0.437. The van der Waals surface area contributed by atoms with E-state index in [1.54, 1.807) is 0 Å². The Labute approximate surface area is 226 Å². The van der Waals surface area contributed by atoms with Crippen molar-refractivity contribution in [3.8, 4) is 5.75 Å². The molecule has 0 aliphatic carbocycles. The third-order valence-corrected chi connectivity index (χ3v) is 7.86. The molecule has 4 aromatic rings. The van der Waals surface area contributed by atoms with Crippen LogP contribution in [-0.4, -0.2) is 30.2 Å². The average molecular weight is 511 g/mol. The molecule has 0 fully saturated rings. The van der Waals surface area contributed by atoms with Crippen molar-refractivity contribution in [2.45, 2.75) is 59.6 Å². The fourth-order valence-electron chi connectivity index (χ4n) is 6.08. The minimum Gasteiger partial charge on any atom is -0.493 e. The molecule has 0 saturated heterocycles. The van der Waals surface area contributed by atoms with Gasteiger partial charge < -0.3 is 18.9 Å². The van der Waals surface area contributed by atoms with Crippen LogP contribution in [0.15, 0.2) is 66.7 Å². The number of hydrogen-bond acceptors (Lipinski definition) is 4. The lowest BCUT2D eigenvalue weighted by atomic mass is 9.78. The van der Waals surface area contributed by atoms with E-state index in [0.717, 1.165) is 77.2 Å². The molecule has 1 unspecified atom stereocenters. The Morgan fingerprint density at radius 1 is 0.921 bits per heavy atom. The number of esters is 1. The van der Waals surface area contributed by atoms with E-state index in [-0.39, 0.29) is 5.97 Å². The molecule has 0 N–H and O–H groups in total. The number of ether oxygens (including phenoxy) is 2. The Balaban J connectivity index is 1.88. The van der Waals surface area contributed by atoms with Gasteiger partial charge in [-0.2, -0.15) is 0 Å². The number of carbonyl (C=O) groups excluding carboxylic acids is 1. The molecule has 1 atom stereocenters. The van der Waals surface area contributed by atoms with Gasteiger partial charge >= 0.3 is 5.97 Å². The highest BCUT2D eigenvalue weighted by Crippen LogP contribution is 2.53. The number of benzene rings is 3. The van der Waals surface area contributed by atoms with Crippen LogP contribution in [0.2, 0.25) is 0 Å². The lowest BCUT2D eigenvalue weighted by Gasteiger charge is -2.33. The molecule has 5 heteroatoms. The summed E-state index contributed by atoms with van der Waals surface area (Å²) in [5, 5.41) is 1.10. The largest absolute Gasteiger partial charge is 0.493 e. The van der Waals surface area contributed by atoms with Crippen molar-refractivity contribution in [3.05, 3.63) is 94.7 Å². The van der Waals surface area contributed by atoms with Gasteiger partial charge in [0, 0.05) is 64.7 Å². The summed E-state index contributed by atoms with van der Waals surface area (Å²) < 4.78 is 15.3. The van der Waals surface area contributed by atoms with Crippen LogP contribution in [0.3, 0.4) is 0 Å². The van der Waals surface area contributed by atoms with Gasteiger partial charge in [-0.05, 0) is 58.4 Å². The minimum atomic E-state index is -1.12. The van der Waals surface area contributed by atoms with E-state index in [2.05, 4.69) is 79.6 Å². The topological polar surface area (TPSA) is 43.7 Å². The number of aromatic nitrogens is 1. The number of rotatable bonds is 10. The molecule has 38 heavy (non-hydrogen) atoms. The normalized spacial score (nSPS) is 16.5. The lowest BCUT2D eigenvalue weighted by molar-refractivity contribution is 0.0246. The summed E-state index contributed by atoms with van der Waals surface area (Å²) in [6, 6.07) is 22.6. The van der Waals surface area contributed by atoms with E-state index in [4.69, 9.17) is 9.47 Å². The van der Waals surface area contributed by atoms with Crippen LogP contribution in [-0.2, 0) is 16.9 Å². The predicted molar refractivity (Wildman–Crippen MR) is 154 cm³/mol. The van der Waals surface area contributed by atoms with Gasteiger partial charge in [-0.15, -0.1) is 0 Å². The van der Waals surface area contributed by atoms with Crippen LogP contribution >= 0.6 is 0 Å². The molecule has 198 valence electrons. The molecular formula is C33H38N2O3. The first-order valence-corrected chi connectivity index (χ1v) is 13.9. The monoisotopic (exact) mass is 510 g/mol. The molecule has 3 aromatic carbocycles. The van der Waals surface area contributed by atoms with Crippen LogP contribution in [0.4, 0.5) is 5.69 Å². The van der Waals surface area contributed by atoms with Crippen LogP contribution in [0, 0.1) is 6.92 Å². The van der Waals surface area contributed by atoms with Gasteiger partial charge in [-0.3, -0.25) is 0 Å². The molecule has 5 rings (SSSR count). The van der Waals surface area contributed by atoms with E-state index in [9.17, 15) is 4.79 Å². The first kappa shape index (κ1) is 25.9. The average Bonchev–Trinajstić information content (AvgIpc) is 3.39. The second-order valence-corrected chi connectivity index (χ2v) is 9.88. The van der Waals surface area contributed by atoms with E-state index in [1.165, 1.54) is 0 Å². The Bertz CT molecular complexity index is 1470. The zero-order valence-electron chi connectivity index (χ0n) is 23.2. The van der Waals surface area contributed by atoms with E-state index >= 15 is 0 Å². The maximum absolute atomic E-state index is 13.5. The van der Waals surface area contributed by atoms with Crippen LogP contribution in [0.25, 0.3) is 10.9 Å². The quantitative estimate of drug-likeness (QED) is 0.208. The predicted octanol–water partition coefficient (Wildman–Crippen LogP) is 7.46. The highest BCUT2D eigenvalue weighted by molar-refractivity contribution is 5.99. The number of nitrogens with zero attached hydrogens (tertiary/aromatic N) is 2. The van der Waals surface area contributed by atoms with Gasteiger partial charge in [0.15, 0.2) is 5.60 Å². The molecule has 0 spiro atoms. The second-order valence-electron chi connectivity index (χ2n) is 9.88. The van der Waals surface area contributed by atoms with Crippen molar-refractivity contribution in [1.29, 1.82) is 0 Å².